The topological polar surface area (TPSA) is 75.3 Å². The second-order valence-corrected chi connectivity index (χ2v) is 8.58. The van der Waals surface area contributed by atoms with Gasteiger partial charge in [0.05, 0.1) is 17.2 Å². The third kappa shape index (κ3) is 4.27. The molecule has 0 saturated heterocycles. The maximum Gasteiger partial charge on any atom is 0.348 e. The largest absolute Gasteiger partial charge is 0.462 e. The van der Waals surface area contributed by atoms with Gasteiger partial charge < -0.3 is 14.6 Å². The van der Waals surface area contributed by atoms with Crippen molar-refractivity contribution in [1.29, 1.82) is 0 Å². The average molecular weight is 414 g/mol. The molecule has 9 heteroatoms. The molecule has 0 radical (unpaired) electrons. The standard InChI is InChI=1S/C17H23N3O3S3/c1-6-20(7-2)17(24)25-10(5)13-18-14(21)11-9(4)12(16(22)23-8-3)26-15(11)19-13/h10H,6-8H2,1-5H3,(H,18,19,21)/t10-/m1/s1. The maximum atomic E-state index is 12.6. The quantitative estimate of drug-likeness (QED) is 0.569. The van der Waals surface area contributed by atoms with Crippen molar-refractivity contribution in [1.82, 2.24) is 14.9 Å². The molecule has 0 aliphatic carbocycles. The fourth-order valence-corrected chi connectivity index (χ4v) is 5.21. The number of carbonyl (C=O) groups is 1. The van der Waals surface area contributed by atoms with Gasteiger partial charge in [-0.05, 0) is 40.2 Å². The van der Waals surface area contributed by atoms with E-state index >= 15 is 0 Å². The Bertz CT molecular complexity index is 871. The maximum absolute atomic E-state index is 12.6. The number of hydrogen-bond donors (Lipinski definition) is 1. The van der Waals surface area contributed by atoms with Crippen molar-refractivity contribution in [3.8, 4) is 0 Å². The second-order valence-electron chi connectivity index (χ2n) is 5.61. The van der Waals surface area contributed by atoms with E-state index in [2.05, 4.69) is 28.7 Å². The number of nitrogens with zero attached hydrogens (tertiary/aromatic N) is 2. The number of nitrogens with one attached hydrogen (secondary N) is 1. The molecule has 1 atom stereocenters. The van der Waals surface area contributed by atoms with Crippen molar-refractivity contribution >= 4 is 55.8 Å². The summed E-state index contributed by atoms with van der Waals surface area (Å²) in [6.45, 7) is 11.5. The first-order valence-corrected chi connectivity index (χ1v) is 10.6. The van der Waals surface area contributed by atoms with Gasteiger partial charge in [-0.15, -0.1) is 11.3 Å². The number of H-pyrrole nitrogens is 1. The van der Waals surface area contributed by atoms with Crippen molar-refractivity contribution in [2.24, 2.45) is 0 Å². The Balaban J connectivity index is 2.37. The zero-order chi connectivity index (χ0) is 19.4. The fraction of sp³-hybridized carbons (Fsp3) is 0.529. The number of thioether (sulfide) groups is 1. The minimum absolute atomic E-state index is 0.103. The van der Waals surface area contributed by atoms with Crippen LogP contribution in [0.3, 0.4) is 0 Å². The molecule has 0 amide bonds. The van der Waals surface area contributed by atoms with Crippen LogP contribution in [0.1, 0.15) is 54.0 Å². The van der Waals surface area contributed by atoms with Gasteiger partial charge in [-0.2, -0.15) is 0 Å². The van der Waals surface area contributed by atoms with Crippen LogP contribution in [0.5, 0.6) is 0 Å². The highest BCUT2D eigenvalue weighted by Crippen LogP contribution is 2.32. The lowest BCUT2D eigenvalue weighted by Gasteiger charge is -2.22. The van der Waals surface area contributed by atoms with E-state index in [0.717, 1.165) is 17.4 Å². The molecule has 0 unspecified atom stereocenters. The summed E-state index contributed by atoms with van der Waals surface area (Å²) >= 11 is 8.16. The molecule has 6 nitrogen and oxygen atoms in total. The minimum Gasteiger partial charge on any atom is -0.462 e. The smallest absolute Gasteiger partial charge is 0.348 e. The van der Waals surface area contributed by atoms with Crippen LogP contribution in [-0.4, -0.2) is 44.9 Å². The molecule has 142 valence electrons. The lowest BCUT2D eigenvalue weighted by Crippen LogP contribution is -2.27. The van der Waals surface area contributed by atoms with Gasteiger partial charge in [0, 0.05) is 13.1 Å². The number of thiophene rings is 1. The monoisotopic (exact) mass is 413 g/mol. The molecule has 0 aliphatic rings. The van der Waals surface area contributed by atoms with Crippen LogP contribution in [0.15, 0.2) is 4.79 Å². The molecule has 2 rings (SSSR count). The van der Waals surface area contributed by atoms with Crippen LogP contribution in [0.2, 0.25) is 0 Å². The van der Waals surface area contributed by atoms with Crippen LogP contribution in [0, 0.1) is 6.92 Å². The molecular formula is C17H23N3O3S3. The number of ether oxygens (including phenoxy) is 1. The molecule has 1 N–H and O–H groups in total. The summed E-state index contributed by atoms with van der Waals surface area (Å²) in [5, 5.41) is 0.346. The van der Waals surface area contributed by atoms with Crippen molar-refractivity contribution < 1.29 is 9.53 Å². The van der Waals surface area contributed by atoms with Crippen molar-refractivity contribution in [3.63, 3.8) is 0 Å². The molecule has 0 spiro atoms. The number of aromatic nitrogens is 2. The molecule has 2 aromatic heterocycles. The molecule has 0 saturated carbocycles. The Morgan fingerprint density at radius 2 is 2.04 bits per heavy atom. The molecule has 0 aliphatic heterocycles. The van der Waals surface area contributed by atoms with Gasteiger partial charge >= 0.3 is 5.97 Å². The Labute approximate surface area is 166 Å². The Morgan fingerprint density at radius 3 is 2.62 bits per heavy atom. The average Bonchev–Trinajstić information content (AvgIpc) is 2.93. The number of hydrogen-bond acceptors (Lipinski definition) is 7. The number of fused-ring (bicyclic) bond motifs is 1. The van der Waals surface area contributed by atoms with E-state index in [9.17, 15) is 9.59 Å². The molecular weight excluding hydrogens is 390 g/mol. The van der Waals surface area contributed by atoms with Crippen LogP contribution in [0.4, 0.5) is 0 Å². The molecule has 26 heavy (non-hydrogen) atoms. The number of thiocarbonyl (C=S) groups is 1. The summed E-state index contributed by atoms with van der Waals surface area (Å²) in [6.07, 6.45) is 0. The van der Waals surface area contributed by atoms with E-state index in [1.54, 1.807) is 13.8 Å². The van der Waals surface area contributed by atoms with Gasteiger partial charge in [-0.25, -0.2) is 9.78 Å². The van der Waals surface area contributed by atoms with Crippen molar-refractivity contribution in [2.75, 3.05) is 19.7 Å². The lowest BCUT2D eigenvalue weighted by atomic mass is 10.2. The Kier molecular flexibility index (Phi) is 7.19. The van der Waals surface area contributed by atoms with E-state index in [1.165, 1.54) is 23.1 Å². The van der Waals surface area contributed by atoms with E-state index in [4.69, 9.17) is 17.0 Å². The highest BCUT2D eigenvalue weighted by Gasteiger charge is 2.22. The Morgan fingerprint density at radius 1 is 1.38 bits per heavy atom. The summed E-state index contributed by atoms with van der Waals surface area (Å²) < 4.78 is 5.84. The zero-order valence-electron chi connectivity index (χ0n) is 15.5. The first kappa shape index (κ1) is 20.9. The third-order valence-electron chi connectivity index (χ3n) is 3.96. The van der Waals surface area contributed by atoms with Crippen molar-refractivity contribution in [3.05, 3.63) is 26.6 Å². The predicted molar refractivity (Wildman–Crippen MR) is 112 cm³/mol. The third-order valence-corrected chi connectivity index (χ3v) is 6.71. The molecule has 0 bridgehead atoms. The first-order valence-electron chi connectivity index (χ1n) is 8.49. The highest BCUT2D eigenvalue weighted by molar-refractivity contribution is 8.23. The summed E-state index contributed by atoms with van der Waals surface area (Å²) in [5.74, 6) is 0.137. The van der Waals surface area contributed by atoms with Gasteiger partial charge in [0.15, 0.2) is 0 Å². The number of carbonyl (C=O) groups excluding carboxylic acids is 1. The van der Waals surface area contributed by atoms with Crippen LogP contribution in [-0.2, 0) is 4.74 Å². The normalized spacial score (nSPS) is 12.2. The second kappa shape index (κ2) is 8.96. The number of esters is 1. The van der Waals surface area contributed by atoms with Crippen LogP contribution >= 0.6 is 35.3 Å². The van der Waals surface area contributed by atoms with Gasteiger partial charge in [0.2, 0.25) is 0 Å². The lowest BCUT2D eigenvalue weighted by molar-refractivity contribution is 0.0531. The van der Waals surface area contributed by atoms with E-state index in [0.29, 0.717) is 26.5 Å². The molecule has 0 fully saturated rings. The van der Waals surface area contributed by atoms with Crippen LogP contribution in [0.25, 0.3) is 10.2 Å². The van der Waals surface area contributed by atoms with E-state index < -0.39 is 5.97 Å². The van der Waals surface area contributed by atoms with E-state index in [-0.39, 0.29) is 17.4 Å². The highest BCUT2D eigenvalue weighted by atomic mass is 32.2. The Hall–Kier alpha value is -1.45. The fourth-order valence-electron chi connectivity index (χ4n) is 2.51. The summed E-state index contributed by atoms with van der Waals surface area (Å²) in [4.78, 5) is 35.1. The van der Waals surface area contributed by atoms with Gasteiger partial charge in [0.1, 0.15) is 19.9 Å². The first-order chi connectivity index (χ1) is 12.3. The molecule has 2 heterocycles. The summed E-state index contributed by atoms with van der Waals surface area (Å²) in [6, 6.07) is 0. The van der Waals surface area contributed by atoms with E-state index in [1.807, 2.05) is 6.92 Å². The molecule has 2 aromatic rings. The minimum atomic E-state index is -0.418. The van der Waals surface area contributed by atoms with Crippen molar-refractivity contribution in [2.45, 2.75) is 39.9 Å². The van der Waals surface area contributed by atoms with Crippen LogP contribution < -0.4 is 5.56 Å². The summed E-state index contributed by atoms with van der Waals surface area (Å²) in [5.41, 5.74) is 0.373. The van der Waals surface area contributed by atoms with Gasteiger partial charge in [-0.3, -0.25) is 4.79 Å². The number of rotatable bonds is 6. The zero-order valence-corrected chi connectivity index (χ0v) is 18.0. The summed E-state index contributed by atoms with van der Waals surface area (Å²) in [7, 11) is 0. The molecule has 0 aromatic carbocycles. The van der Waals surface area contributed by atoms with Gasteiger partial charge in [-0.1, -0.05) is 24.0 Å². The number of aromatic amines is 1. The SMILES string of the molecule is CCOC(=O)c1sc2nc([C@@H](C)SC(=S)N(CC)CC)[nH]c(=O)c2c1C. The van der Waals surface area contributed by atoms with Gasteiger partial charge in [0.25, 0.3) is 5.56 Å². The number of aryl methyl sites for hydroxylation is 1. The predicted octanol–water partition coefficient (Wildman–Crippen LogP) is 3.89.